The molecular weight excluding hydrogens is 516 g/mol. The van der Waals surface area contributed by atoms with Gasteiger partial charge in [-0.25, -0.2) is 14.7 Å². The molecular formula is C22H30N2O10S2. The highest BCUT2D eigenvalue weighted by atomic mass is 33.1. The van der Waals surface area contributed by atoms with Crippen LogP contribution >= 0.6 is 21.6 Å². The van der Waals surface area contributed by atoms with Crippen molar-refractivity contribution in [1.82, 2.24) is 9.88 Å². The number of carboxylic acids is 1. The number of aromatic nitrogens is 1. The molecule has 0 aliphatic carbocycles. The predicted octanol–water partition coefficient (Wildman–Crippen LogP) is 1.92. The van der Waals surface area contributed by atoms with Crippen LogP contribution in [0.25, 0.3) is 0 Å². The highest BCUT2D eigenvalue weighted by Gasteiger charge is 2.29. The maximum absolute atomic E-state index is 11.5. The Labute approximate surface area is 216 Å². The smallest absolute Gasteiger partial charge is 0.341 e. The van der Waals surface area contributed by atoms with Crippen LogP contribution in [0.4, 0.5) is 0 Å². The van der Waals surface area contributed by atoms with Crippen LogP contribution in [-0.2, 0) is 42.9 Å². The number of hydrogen-bond donors (Lipinski definition) is 1. The number of hydrogen-bond acceptors (Lipinski definition) is 12. The molecule has 0 radical (unpaired) electrons. The van der Waals surface area contributed by atoms with Crippen molar-refractivity contribution in [3.05, 3.63) is 24.4 Å². The largest absolute Gasteiger partial charge is 0.479 e. The molecule has 0 bridgehead atoms. The van der Waals surface area contributed by atoms with E-state index >= 15 is 0 Å². The van der Waals surface area contributed by atoms with Crippen LogP contribution in [0.2, 0.25) is 0 Å². The standard InChI is InChI=1S/C15H18N2O5S2.C7H12O5/c18-13-4-5-14(19)17(13)11-22-15(20)6-8-21-9-10-23-24-12-3-1-2-7-16-12;1-2-11-4-3-7(10)12-5-6(8)9/h1-3,7H,4-6,8-11H2;2-5H2,1H3,(H,8,9). The van der Waals surface area contributed by atoms with E-state index in [0.29, 0.717) is 13.2 Å². The van der Waals surface area contributed by atoms with E-state index in [1.165, 1.54) is 0 Å². The van der Waals surface area contributed by atoms with Gasteiger partial charge in [0.15, 0.2) is 13.3 Å². The van der Waals surface area contributed by atoms with E-state index in [9.17, 15) is 24.0 Å². The van der Waals surface area contributed by atoms with Gasteiger partial charge in [-0.3, -0.25) is 19.2 Å². The lowest BCUT2D eigenvalue weighted by Gasteiger charge is -2.13. The van der Waals surface area contributed by atoms with Gasteiger partial charge in [0.2, 0.25) is 11.8 Å². The quantitative estimate of drug-likeness (QED) is 0.139. The maximum atomic E-state index is 11.5. The molecule has 0 atom stereocenters. The summed E-state index contributed by atoms with van der Waals surface area (Å²) >= 11 is 0. The zero-order valence-corrected chi connectivity index (χ0v) is 21.6. The van der Waals surface area contributed by atoms with Crippen LogP contribution < -0.4 is 0 Å². The second-order valence-electron chi connectivity index (χ2n) is 6.80. The Kier molecular flexibility index (Phi) is 17.0. The number of carbonyl (C=O) groups excluding carboxylic acids is 4. The van der Waals surface area contributed by atoms with Gasteiger partial charge in [-0.05, 0) is 29.9 Å². The number of nitrogens with zero attached hydrogens (tertiary/aromatic N) is 2. The molecule has 12 nitrogen and oxygen atoms in total. The Hall–Kier alpha value is -2.68. The molecule has 2 heterocycles. The van der Waals surface area contributed by atoms with Crippen LogP contribution in [0.1, 0.15) is 32.6 Å². The van der Waals surface area contributed by atoms with E-state index < -0.39 is 24.5 Å². The summed E-state index contributed by atoms with van der Waals surface area (Å²) in [7, 11) is 3.20. The Bertz CT molecular complexity index is 825. The molecule has 0 saturated carbocycles. The summed E-state index contributed by atoms with van der Waals surface area (Å²) in [6.45, 7) is 2.50. The van der Waals surface area contributed by atoms with Gasteiger partial charge < -0.3 is 24.1 Å². The van der Waals surface area contributed by atoms with E-state index in [2.05, 4.69) is 9.72 Å². The van der Waals surface area contributed by atoms with Crippen LogP contribution in [0.5, 0.6) is 0 Å². The number of aliphatic carboxylic acids is 1. The zero-order valence-electron chi connectivity index (χ0n) is 19.9. The first kappa shape index (κ1) is 31.4. The number of carboxylic acid groups (broad SMARTS) is 1. The molecule has 1 aromatic rings. The second-order valence-corrected chi connectivity index (χ2v) is 9.23. The Balaban J connectivity index is 0.000000457. The van der Waals surface area contributed by atoms with Crippen molar-refractivity contribution in [2.75, 3.05) is 45.5 Å². The lowest BCUT2D eigenvalue weighted by atomic mass is 10.4. The summed E-state index contributed by atoms with van der Waals surface area (Å²) < 4.78 is 19.4. The molecule has 1 aliphatic heterocycles. The minimum atomic E-state index is -1.15. The van der Waals surface area contributed by atoms with Crippen LogP contribution in [0.3, 0.4) is 0 Å². The SMILES string of the molecule is CCOCCC(=O)OCC(=O)O.O=C(CCOCCSSc1ccccn1)OCN1C(=O)CCC1=O. The average Bonchev–Trinajstić information content (AvgIpc) is 3.19. The topological polar surface area (TPSA) is 159 Å². The fourth-order valence-electron chi connectivity index (χ4n) is 2.34. The van der Waals surface area contributed by atoms with E-state index in [1.54, 1.807) is 27.8 Å². The number of amides is 2. The summed E-state index contributed by atoms with van der Waals surface area (Å²) in [4.78, 5) is 59.9. The number of imide groups is 1. The minimum Gasteiger partial charge on any atom is -0.479 e. The normalized spacial score (nSPS) is 12.6. The predicted molar refractivity (Wildman–Crippen MR) is 130 cm³/mol. The Morgan fingerprint density at radius 2 is 1.67 bits per heavy atom. The van der Waals surface area contributed by atoms with E-state index in [-0.39, 0.29) is 57.4 Å². The fraction of sp³-hybridized carbons (Fsp3) is 0.545. The second kappa shape index (κ2) is 19.5. The van der Waals surface area contributed by atoms with E-state index in [1.807, 2.05) is 25.1 Å². The van der Waals surface area contributed by atoms with Crippen molar-refractivity contribution >= 4 is 51.3 Å². The van der Waals surface area contributed by atoms with Gasteiger partial charge in [0, 0.05) is 31.4 Å². The van der Waals surface area contributed by atoms with Crippen molar-refractivity contribution in [1.29, 1.82) is 0 Å². The van der Waals surface area contributed by atoms with Crippen molar-refractivity contribution < 1.29 is 48.0 Å². The number of ether oxygens (including phenoxy) is 4. The van der Waals surface area contributed by atoms with Crippen LogP contribution in [-0.4, -0.2) is 90.2 Å². The monoisotopic (exact) mass is 546 g/mol. The summed E-state index contributed by atoms with van der Waals surface area (Å²) in [5, 5.41) is 9.07. The molecule has 14 heteroatoms. The number of rotatable bonds is 16. The maximum Gasteiger partial charge on any atom is 0.341 e. The van der Waals surface area contributed by atoms with Crippen molar-refractivity contribution in [3.8, 4) is 0 Å². The minimum absolute atomic E-state index is 0.0915. The molecule has 36 heavy (non-hydrogen) atoms. The summed E-state index contributed by atoms with van der Waals surface area (Å²) in [5.41, 5.74) is 0. The lowest BCUT2D eigenvalue weighted by Crippen LogP contribution is -2.32. The van der Waals surface area contributed by atoms with Crippen LogP contribution in [0, 0.1) is 0 Å². The fourth-order valence-corrected chi connectivity index (χ4v) is 4.08. The Morgan fingerprint density at radius 3 is 2.28 bits per heavy atom. The molecule has 2 amide bonds. The highest BCUT2D eigenvalue weighted by Crippen LogP contribution is 2.28. The van der Waals surface area contributed by atoms with E-state index in [4.69, 9.17) is 19.3 Å². The molecule has 0 unspecified atom stereocenters. The van der Waals surface area contributed by atoms with Crippen LogP contribution in [0.15, 0.2) is 29.4 Å². The number of carbonyl (C=O) groups is 5. The third-order valence-corrected chi connectivity index (χ3v) is 6.29. The molecule has 1 aromatic heterocycles. The lowest BCUT2D eigenvalue weighted by molar-refractivity contribution is -0.156. The molecule has 1 saturated heterocycles. The molecule has 2 rings (SSSR count). The molecule has 1 aliphatic rings. The van der Waals surface area contributed by atoms with Gasteiger partial charge in [-0.2, -0.15) is 0 Å². The molecule has 0 spiro atoms. The summed E-state index contributed by atoms with van der Waals surface area (Å²) in [6.07, 6.45) is 2.31. The van der Waals surface area contributed by atoms with Gasteiger partial charge in [0.1, 0.15) is 5.03 Å². The van der Waals surface area contributed by atoms with Gasteiger partial charge in [0.05, 0.1) is 32.7 Å². The van der Waals surface area contributed by atoms with Gasteiger partial charge in [-0.1, -0.05) is 16.9 Å². The first-order valence-corrected chi connectivity index (χ1v) is 13.4. The third kappa shape index (κ3) is 15.3. The molecule has 1 N–H and O–H groups in total. The van der Waals surface area contributed by atoms with Gasteiger partial charge >= 0.3 is 17.9 Å². The number of likely N-dealkylation sites (tertiary alicyclic amines) is 1. The van der Waals surface area contributed by atoms with E-state index in [0.717, 1.165) is 15.7 Å². The summed E-state index contributed by atoms with van der Waals surface area (Å²) in [5.74, 6) is -2.02. The summed E-state index contributed by atoms with van der Waals surface area (Å²) in [6, 6.07) is 5.73. The Morgan fingerprint density at radius 1 is 1.00 bits per heavy atom. The average molecular weight is 547 g/mol. The van der Waals surface area contributed by atoms with Gasteiger partial charge in [-0.15, -0.1) is 0 Å². The van der Waals surface area contributed by atoms with Gasteiger partial charge in [0.25, 0.3) is 0 Å². The first-order chi connectivity index (χ1) is 17.3. The molecule has 0 aromatic carbocycles. The van der Waals surface area contributed by atoms with Crippen molar-refractivity contribution in [3.63, 3.8) is 0 Å². The zero-order chi connectivity index (χ0) is 26.6. The van der Waals surface area contributed by atoms with Crippen molar-refractivity contribution in [2.24, 2.45) is 0 Å². The first-order valence-electron chi connectivity index (χ1n) is 11.1. The number of esters is 2. The molecule has 200 valence electrons. The molecule has 1 fully saturated rings. The highest BCUT2D eigenvalue weighted by molar-refractivity contribution is 8.76. The van der Waals surface area contributed by atoms with Crippen molar-refractivity contribution in [2.45, 2.75) is 37.6 Å². The third-order valence-electron chi connectivity index (χ3n) is 4.06. The number of pyridine rings is 1.